The van der Waals surface area contributed by atoms with Crippen molar-refractivity contribution >= 4 is 21.2 Å². The molecule has 2 aromatic carbocycles. The molecular formula is C19H22Na4O8P2+4. The van der Waals surface area contributed by atoms with Gasteiger partial charge in [0.05, 0.1) is 0 Å². The standard InChI is InChI=1S/C19H22O8P2.4Na/c20-28(21,22)26-17-10-6-15(7-11-17)19(14-4-2-1-3-5-14)16-8-12-18(13-9-16)27-29(23,24)25;;;;/h6-13H,1-5H2,(H2,20,21,22)(H2,23,24,25);;;;/q;4*+1. The third-order valence-electron chi connectivity index (χ3n) is 4.55. The van der Waals surface area contributed by atoms with Gasteiger partial charge in [-0.05, 0) is 66.6 Å². The first-order valence-corrected chi connectivity index (χ1v) is 12.1. The second-order valence-corrected chi connectivity index (χ2v) is 9.08. The molecule has 0 radical (unpaired) electrons. The Morgan fingerprint density at radius 3 is 1.24 bits per heavy atom. The van der Waals surface area contributed by atoms with Crippen LogP contribution in [0.5, 0.6) is 11.5 Å². The van der Waals surface area contributed by atoms with Gasteiger partial charge in [-0.25, -0.2) is 9.13 Å². The van der Waals surface area contributed by atoms with Crippen molar-refractivity contribution in [3.63, 3.8) is 0 Å². The number of rotatable bonds is 6. The SMILES string of the molecule is O=P(O)(O)Oc1ccc(C(=C2CCCCC2)c2ccc(OP(=O)(O)O)cc2)cc1.[Na+].[Na+].[Na+].[Na+]. The molecule has 0 heterocycles. The zero-order valence-corrected chi connectivity index (χ0v) is 29.3. The van der Waals surface area contributed by atoms with E-state index in [0.29, 0.717) is 0 Å². The fourth-order valence-corrected chi connectivity index (χ4v) is 4.24. The number of allylic oxidation sites excluding steroid dienone is 1. The molecule has 0 aromatic heterocycles. The zero-order chi connectivity index (χ0) is 21.1. The molecular weight excluding hydrogens is 510 g/mol. The maximum atomic E-state index is 11.0. The summed E-state index contributed by atoms with van der Waals surface area (Å²) in [5.41, 5.74) is 3.99. The summed E-state index contributed by atoms with van der Waals surface area (Å²) in [6.45, 7) is 0. The Kier molecular flexibility index (Phi) is 19.0. The summed E-state index contributed by atoms with van der Waals surface area (Å²) in [6.07, 6.45) is 5.21. The first-order valence-electron chi connectivity index (χ1n) is 9.04. The third-order valence-corrected chi connectivity index (χ3v) is 5.44. The van der Waals surface area contributed by atoms with Crippen molar-refractivity contribution in [1.82, 2.24) is 0 Å². The normalized spacial score (nSPS) is 13.3. The summed E-state index contributed by atoms with van der Waals surface area (Å²) in [5.74, 6) is 0.140. The molecule has 1 aliphatic rings. The second-order valence-electron chi connectivity index (χ2n) is 6.75. The predicted molar refractivity (Wildman–Crippen MR) is 107 cm³/mol. The van der Waals surface area contributed by atoms with Crippen molar-refractivity contribution in [3.8, 4) is 11.5 Å². The monoisotopic (exact) mass is 532 g/mol. The molecule has 1 aliphatic carbocycles. The summed E-state index contributed by atoms with van der Waals surface area (Å²) in [7, 11) is -9.25. The van der Waals surface area contributed by atoms with Crippen molar-refractivity contribution in [2.75, 3.05) is 0 Å². The van der Waals surface area contributed by atoms with Gasteiger partial charge in [-0.15, -0.1) is 0 Å². The molecule has 8 nitrogen and oxygen atoms in total. The fraction of sp³-hybridized carbons (Fsp3) is 0.263. The van der Waals surface area contributed by atoms with Crippen LogP contribution in [-0.4, -0.2) is 19.6 Å². The summed E-state index contributed by atoms with van der Waals surface area (Å²) in [6, 6.07) is 13.0. The first kappa shape index (κ1) is 37.2. The van der Waals surface area contributed by atoms with E-state index >= 15 is 0 Å². The molecule has 14 heteroatoms. The van der Waals surface area contributed by atoms with E-state index < -0.39 is 15.6 Å². The minimum absolute atomic E-state index is 0. The zero-order valence-electron chi connectivity index (χ0n) is 19.5. The van der Waals surface area contributed by atoms with Gasteiger partial charge in [-0.2, -0.15) is 0 Å². The van der Waals surface area contributed by atoms with Crippen LogP contribution in [0.15, 0.2) is 54.1 Å². The molecule has 156 valence electrons. The molecule has 4 N–H and O–H groups in total. The van der Waals surface area contributed by atoms with Crippen LogP contribution in [0, 0.1) is 0 Å². The first-order chi connectivity index (χ1) is 13.6. The quantitative estimate of drug-likeness (QED) is 0.213. The summed E-state index contributed by atoms with van der Waals surface area (Å²) >= 11 is 0. The van der Waals surface area contributed by atoms with Gasteiger partial charge in [0.25, 0.3) is 0 Å². The molecule has 3 rings (SSSR count). The smallest absolute Gasteiger partial charge is 0.404 e. The predicted octanol–water partition coefficient (Wildman–Crippen LogP) is -7.59. The number of phosphoric acid groups is 2. The van der Waals surface area contributed by atoms with E-state index in [1.54, 1.807) is 24.3 Å². The summed E-state index contributed by atoms with van der Waals surface area (Å²) < 4.78 is 31.2. The molecule has 0 saturated heterocycles. The van der Waals surface area contributed by atoms with E-state index in [2.05, 4.69) is 9.05 Å². The molecule has 1 saturated carbocycles. The van der Waals surface area contributed by atoms with Gasteiger partial charge in [0.1, 0.15) is 11.5 Å². The number of hydrogen-bond donors (Lipinski definition) is 4. The van der Waals surface area contributed by atoms with Gasteiger partial charge in [0, 0.05) is 0 Å². The Hall–Kier alpha value is 2.08. The number of phosphoric ester groups is 2. The van der Waals surface area contributed by atoms with E-state index in [1.165, 1.54) is 36.3 Å². The van der Waals surface area contributed by atoms with Gasteiger partial charge in [0.2, 0.25) is 0 Å². The molecule has 1 fully saturated rings. The minimum Gasteiger partial charge on any atom is -0.404 e. The van der Waals surface area contributed by atoms with Gasteiger partial charge in [-0.3, -0.25) is 19.6 Å². The van der Waals surface area contributed by atoms with Crippen LogP contribution in [-0.2, 0) is 9.13 Å². The van der Waals surface area contributed by atoms with Crippen LogP contribution in [0.2, 0.25) is 0 Å². The van der Waals surface area contributed by atoms with Gasteiger partial charge in [-0.1, -0.05) is 36.3 Å². The number of benzene rings is 2. The van der Waals surface area contributed by atoms with Gasteiger partial charge in [0.15, 0.2) is 0 Å². The largest absolute Gasteiger partial charge is 1.00 e. The molecule has 0 amide bonds. The summed E-state index contributed by atoms with van der Waals surface area (Å²) in [5, 5.41) is 0. The van der Waals surface area contributed by atoms with Gasteiger partial charge >= 0.3 is 134 Å². The van der Waals surface area contributed by atoms with Crippen molar-refractivity contribution in [2.24, 2.45) is 0 Å². The van der Waals surface area contributed by atoms with Crippen molar-refractivity contribution in [1.29, 1.82) is 0 Å². The average Bonchev–Trinajstić information content (AvgIpc) is 2.63. The van der Waals surface area contributed by atoms with E-state index in [9.17, 15) is 9.13 Å². The van der Waals surface area contributed by atoms with Crippen LogP contribution in [0.3, 0.4) is 0 Å². The minimum atomic E-state index is -4.62. The molecule has 0 aliphatic heterocycles. The molecule has 0 bridgehead atoms. The van der Waals surface area contributed by atoms with Crippen LogP contribution in [0.4, 0.5) is 0 Å². The maximum Gasteiger partial charge on any atom is 1.00 e. The Balaban J connectivity index is 0. The molecule has 33 heavy (non-hydrogen) atoms. The van der Waals surface area contributed by atoms with E-state index in [1.807, 2.05) is 0 Å². The van der Waals surface area contributed by atoms with Crippen LogP contribution < -0.4 is 127 Å². The van der Waals surface area contributed by atoms with Crippen molar-refractivity contribution in [3.05, 3.63) is 65.2 Å². The van der Waals surface area contributed by atoms with Gasteiger partial charge < -0.3 is 9.05 Å². The molecule has 2 aromatic rings. The Bertz CT molecular complexity index is 910. The average molecular weight is 532 g/mol. The number of hydrogen-bond acceptors (Lipinski definition) is 4. The van der Waals surface area contributed by atoms with Crippen LogP contribution in [0.25, 0.3) is 5.57 Å². The molecule has 0 atom stereocenters. The molecule has 0 unspecified atom stereocenters. The Morgan fingerprint density at radius 2 is 0.939 bits per heavy atom. The topological polar surface area (TPSA) is 134 Å². The second kappa shape index (κ2) is 16.8. The Labute approximate surface area is 282 Å². The van der Waals surface area contributed by atoms with Crippen LogP contribution in [0.1, 0.15) is 43.2 Å². The van der Waals surface area contributed by atoms with E-state index in [4.69, 9.17) is 19.6 Å². The third kappa shape index (κ3) is 12.9. The van der Waals surface area contributed by atoms with Crippen molar-refractivity contribution in [2.45, 2.75) is 32.1 Å². The molecule has 0 spiro atoms. The van der Waals surface area contributed by atoms with Crippen molar-refractivity contribution < 1.29 is 156 Å². The Morgan fingerprint density at radius 1 is 0.606 bits per heavy atom. The maximum absolute atomic E-state index is 11.0. The fourth-order valence-electron chi connectivity index (χ4n) is 3.44. The van der Waals surface area contributed by atoms with E-state index in [0.717, 1.165) is 42.4 Å². The van der Waals surface area contributed by atoms with E-state index in [-0.39, 0.29) is 130 Å². The summed E-state index contributed by atoms with van der Waals surface area (Å²) in [4.78, 5) is 35.8. The van der Waals surface area contributed by atoms with Crippen LogP contribution >= 0.6 is 15.6 Å².